The monoisotopic (exact) mass is 495 g/mol. The molecule has 0 amide bonds. The lowest BCUT2D eigenvalue weighted by Crippen LogP contribution is -2.38. The van der Waals surface area contributed by atoms with Crippen LogP contribution in [0.2, 0.25) is 0 Å². The first-order valence-corrected chi connectivity index (χ1v) is 9.69. The standard InChI is InChI=1S/C21H29N5O.HI/c1-22-21(25-13-5-4-12-24-20-6-2-3-11-23-20)26-14-9-17-7-8-19-18(16-17)10-15-27-19;/h2-3,6-8,11,16H,4-5,9-10,12-15H2,1H3,(H,23,24)(H2,22,25,26);1H. The highest BCUT2D eigenvalue weighted by Gasteiger charge is 2.11. The van der Waals surface area contributed by atoms with E-state index in [4.69, 9.17) is 4.74 Å². The highest BCUT2D eigenvalue weighted by molar-refractivity contribution is 14.0. The molecule has 1 aliphatic rings. The van der Waals surface area contributed by atoms with Crippen LogP contribution in [0.3, 0.4) is 0 Å². The average molecular weight is 495 g/mol. The maximum Gasteiger partial charge on any atom is 0.190 e. The summed E-state index contributed by atoms with van der Waals surface area (Å²) in [4.78, 5) is 8.54. The summed E-state index contributed by atoms with van der Waals surface area (Å²) in [5.74, 6) is 2.83. The number of aromatic nitrogens is 1. The molecule has 0 atom stereocenters. The first kappa shape index (κ1) is 22.3. The first-order valence-electron chi connectivity index (χ1n) is 9.69. The predicted molar refractivity (Wildman–Crippen MR) is 126 cm³/mol. The second-order valence-corrected chi connectivity index (χ2v) is 6.57. The minimum absolute atomic E-state index is 0. The molecule has 7 heteroatoms. The van der Waals surface area contributed by atoms with Gasteiger partial charge >= 0.3 is 0 Å². The highest BCUT2D eigenvalue weighted by atomic mass is 127. The van der Waals surface area contributed by atoms with Gasteiger partial charge in [-0.3, -0.25) is 4.99 Å². The number of hydrogen-bond acceptors (Lipinski definition) is 4. The molecule has 0 saturated heterocycles. The Morgan fingerprint density at radius 3 is 2.79 bits per heavy atom. The number of ether oxygens (including phenoxy) is 1. The molecule has 2 heterocycles. The molecule has 3 N–H and O–H groups in total. The first-order chi connectivity index (χ1) is 13.3. The molecular weight excluding hydrogens is 465 g/mol. The summed E-state index contributed by atoms with van der Waals surface area (Å²) in [7, 11) is 1.81. The van der Waals surface area contributed by atoms with Crippen LogP contribution in [0.4, 0.5) is 5.82 Å². The number of rotatable bonds is 9. The Bertz CT molecular complexity index is 739. The molecule has 152 valence electrons. The van der Waals surface area contributed by atoms with Crippen LogP contribution >= 0.6 is 24.0 Å². The van der Waals surface area contributed by atoms with Crippen LogP contribution in [0.25, 0.3) is 0 Å². The fourth-order valence-corrected chi connectivity index (χ4v) is 3.08. The molecule has 6 nitrogen and oxygen atoms in total. The summed E-state index contributed by atoms with van der Waals surface area (Å²) < 4.78 is 5.56. The van der Waals surface area contributed by atoms with Gasteiger partial charge in [0, 0.05) is 39.3 Å². The molecule has 1 aromatic heterocycles. The summed E-state index contributed by atoms with van der Waals surface area (Å²) >= 11 is 0. The molecule has 0 radical (unpaired) electrons. The fourth-order valence-electron chi connectivity index (χ4n) is 3.08. The van der Waals surface area contributed by atoms with Gasteiger partial charge in [0.2, 0.25) is 0 Å². The second kappa shape index (κ2) is 12.4. The van der Waals surface area contributed by atoms with E-state index in [-0.39, 0.29) is 24.0 Å². The van der Waals surface area contributed by atoms with Crippen molar-refractivity contribution in [1.82, 2.24) is 15.6 Å². The van der Waals surface area contributed by atoms with E-state index in [9.17, 15) is 0 Å². The van der Waals surface area contributed by atoms with Gasteiger partial charge in [0.25, 0.3) is 0 Å². The molecule has 0 bridgehead atoms. The Kier molecular flexibility index (Phi) is 9.88. The Morgan fingerprint density at radius 2 is 1.96 bits per heavy atom. The van der Waals surface area contributed by atoms with Gasteiger partial charge in [0.15, 0.2) is 5.96 Å². The van der Waals surface area contributed by atoms with Crippen LogP contribution in [-0.2, 0) is 12.8 Å². The largest absolute Gasteiger partial charge is 0.493 e. The van der Waals surface area contributed by atoms with Crippen LogP contribution in [0.1, 0.15) is 24.0 Å². The van der Waals surface area contributed by atoms with E-state index in [1.807, 2.05) is 25.2 Å². The lowest BCUT2D eigenvalue weighted by atomic mass is 10.1. The predicted octanol–water partition coefficient (Wildman–Crippen LogP) is 3.23. The molecule has 28 heavy (non-hydrogen) atoms. The number of hydrogen-bond donors (Lipinski definition) is 3. The van der Waals surface area contributed by atoms with E-state index in [2.05, 4.69) is 44.1 Å². The molecule has 1 aromatic carbocycles. The van der Waals surface area contributed by atoms with Crippen molar-refractivity contribution in [2.45, 2.75) is 25.7 Å². The fraction of sp³-hybridized carbons (Fsp3) is 0.429. The minimum Gasteiger partial charge on any atom is -0.493 e. The van der Waals surface area contributed by atoms with Crippen LogP contribution in [0, 0.1) is 0 Å². The summed E-state index contributed by atoms with van der Waals surface area (Å²) in [6.45, 7) is 3.50. The quantitative estimate of drug-likeness (QED) is 0.216. The topological polar surface area (TPSA) is 70.6 Å². The lowest BCUT2D eigenvalue weighted by Gasteiger charge is -2.12. The van der Waals surface area contributed by atoms with Crippen molar-refractivity contribution in [2.75, 3.05) is 38.6 Å². The number of aliphatic imine (C=N–C) groups is 1. The smallest absolute Gasteiger partial charge is 0.190 e. The van der Waals surface area contributed by atoms with Gasteiger partial charge in [-0.15, -0.1) is 24.0 Å². The Morgan fingerprint density at radius 1 is 1.11 bits per heavy atom. The third kappa shape index (κ3) is 7.18. The van der Waals surface area contributed by atoms with E-state index >= 15 is 0 Å². The summed E-state index contributed by atoms with van der Waals surface area (Å²) in [6.07, 6.45) is 5.95. The number of guanidine groups is 1. The normalized spacial score (nSPS) is 12.5. The SMILES string of the molecule is CN=C(NCCCCNc1ccccn1)NCCc1ccc2c(c1)CCO2.I. The minimum atomic E-state index is 0. The van der Waals surface area contributed by atoms with Gasteiger partial charge in [-0.1, -0.05) is 18.2 Å². The molecule has 2 aromatic rings. The average Bonchev–Trinajstić information content (AvgIpc) is 3.18. The number of benzene rings is 1. The lowest BCUT2D eigenvalue weighted by molar-refractivity contribution is 0.357. The molecule has 0 spiro atoms. The van der Waals surface area contributed by atoms with Crippen LogP contribution in [0.5, 0.6) is 5.75 Å². The molecule has 0 fully saturated rings. The van der Waals surface area contributed by atoms with E-state index in [1.54, 1.807) is 6.20 Å². The maximum atomic E-state index is 5.56. The number of pyridine rings is 1. The third-order valence-electron chi connectivity index (χ3n) is 4.55. The van der Waals surface area contributed by atoms with Crippen LogP contribution < -0.4 is 20.7 Å². The Hall–Kier alpha value is -2.03. The van der Waals surface area contributed by atoms with Crippen LogP contribution in [-0.4, -0.2) is 44.2 Å². The zero-order valence-corrected chi connectivity index (χ0v) is 18.7. The number of anilines is 1. The van der Waals surface area contributed by atoms with Crippen molar-refractivity contribution in [3.05, 3.63) is 53.7 Å². The van der Waals surface area contributed by atoms with Crippen molar-refractivity contribution in [1.29, 1.82) is 0 Å². The number of nitrogens with one attached hydrogen (secondary N) is 3. The molecule has 0 saturated carbocycles. The van der Waals surface area contributed by atoms with E-state index < -0.39 is 0 Å². The van der Waals surface area contributed by atoms with Crippen molar-refractivity contribution >= 4 is 35.8 Å². The summed E-state index contributed by atoms with van der Waals surface area (Å²) in [6, 6.07) is 12.4. The second-order valence-electron chi connectivity index (χ2n) is 6.57. The van der Waals surface area contributed by atoms with E-state index in [0.29, 0.717) is 0 Å². The van der Waals surface area contributed by atoms with Gasteiger partial charge in [-0.2, -0.15) is 0 Å². The van der Waals surface area contributed by atoms with Gasteiger partial charge in [0.05, 0.1) is 6.61 Å². The molecule has 3 rings (SSSR count). The van der Waals surface area contributed by atoms with E-state index in [0.717, 1.165) is 69.5 Å². The Balaban J connectivity index is 0.00000280. The molecule has 0 aliphatic carbocycles. The molecule has 1 aliphatic heterocycles. The van der Waals surface area contributed by atoms with Gasteiger partial charge < -0.3 is 20.7 Å². The van der Waals surface area contributed by atoms with Gasteiger partial charge in [-0.25, -0.2) is 4.98 Å². The highest BCUT2D eigenvalue weighted by Crippen LogP contribution is 2.25. The Labute approximate surface area is 184 Å². The van der Waals surface area contributed by atoms with Gasteiger partial charge in [-0.05, 0) is 48.6 Å². The van der Waals surface area contributed by atoms with Crippen LogP contribution in [0.15, 0.2) is 47.6 Å². The van der Waals surface area contributed by atoms with Crippen molar-refractivity contribution < 1.29 is 4.74 Å². The maximum absolute atomic E-state index is 5.56. The third-order valence-corrected chi connectivity index (χ3v) is 4.55. The summed E-state index contributed by atoms with van der Waals surface area (Å²) in [5, 5.41) is 10.1. The number of halogens is 1. The number of unbranched alkanes of at least 4 members (excludes halogenated alkanes) is 1. The van der Waals surface area contributed by atoms with E-state index in [1.165, 1.54) is 11.1 Å². The zero-order chi connectivity index (χ0) is 18.7. The van der Waals surface area contributed by atoms with Crippen molar-refractivity contribution in [2.24, 2.45) is 4.99 Å². The molecular formula is C21H30IN5O. The molecule has 0 unspecified atom stereocenters. The summed E-state index contributed by atoms with van der Waals surface area (Å²) in [5.41, 5.74) is 2.66. The van der Waals surface area contributed by atoms with Crippen molar-refractivity contribution in [3.8, 4) is 5.75 Å². The number of fused-ring (bicyclic) bond motifs is 1. The van der Waals surface area contributed by atoms with Crippen molar-refractivity contribution in [3.63, 3.8) is 0 Å². The number of nitrogens with zero attached hydrogens (tertiary/aromatic N) is 2. The zero-order valence-electron chi connectivity index (χ0n) is 16.4. The van der Waals surface area contributed by atoms with Gasteiger partial charge in [0.1, 0.15) is 11.6 Å².